The van der Waals surface area contributed by atoms with Crippen molar-refractivity contribution < 1.29 is 24.2 Å². The fraction of sp³-hybridized carbons (Fsp3) is 0.179. The number of fused-ring (bicyclic) bond motifs is 1. The van der Waals surface area contributed by atoms with E-state index in [-0.39, 0.29) is 11.3 Å². The van der Waals surface area contributed by atoms with Crippen LogP contribution in [0.3, 0.4) is 0 Å². The number of hydrogen-bond donors (Lipinski definition) is 1. The fourth-order valence-electron chi connectivity index (χ4n) is 4.22. The lowest BCUT2D eigenvalue weighted by atomic mass is 9.95. The van der Waals surface area contributed by atoms with Crippen LogP contribution < -0.4 is 14.4 Å². The highest BCUT2D eigenvalue weighted by Gasteiger charge is 2.48. The van der Waals surface area contributed by atoms with Gasteiger partial charge in [-0.1, -0.05) is 42.5 Å². The number of aromatic nitrogens is 1. The molecule has 0 radical (unpaired) electrons. The van der Waals surface area contributed by atoms with Crippen LogP contribution in [0.15, 0.2) is 72.3 Å². The van der Waals surface area contributed by atoms with E-state index in [1.165, 1.54) is 16.2 Å². The van der Waals surface area contributed by atoms with Gasteiger partial charge in [-0.15, -0.1) is 0 Å². The second-order valence-electron chi connectivity index (χ2n) is 8.43. The largest absolute Gasteiger partial charge is 0.507 e. The maximum Gasteiger partial charge on any atom is 0.301 e. The number of ether oxygens (including phenoxy) is 2. The van der Waals surface area contributed by atoms with E-state index < -0.39 is 17.7 Å². The maximum atomic E-state index is 13.5. The molecule has 1 aliphatic rings. The first-order valence-corrected chi connectivity index (χ1v) is 13.5. The van der Waals surface area contributed by atoms with Crippen LogP contribution in [0.4, 0.5) is 5.13 Å². The SMILES string of the molecule is CCCOc1cccc(/C(O)=C2\C(=O)C(=O)N(c3nc4ccc(OC)cc4s3)C2c2ccc(I)cc2)c1. The number of methoxy groups -OCH3 is 1. The standard InChI is InChI=1S/C28H23IN2O5S/c1-3-13-36-20-6-4-5-17(14-20)25(32)23-24(16-7-9-18(29)10-8-16)31(27(34)26(23)33)28-30-21-12-11-19(35-2)15-22(21)37-28/h4-12,14-15,24,32H,3,13H2,1-2H3/b25-23+. The Morgan fingerprint density at radius 1 is 1.08 bits per heavy atom. The molecule has 0 saturated carbocycles. The lowest BCUT2D eigenvalue weighted by molar-refractivity contribution is -0.132. The first-order valence-electron chi connectivity index (χ1n) is 11.7. The van der Waals surface area contributed by atoms with E-state index in [0.29, 0.717) is 39.9 Å². The van der Waals surface area contributed by atoms with E-state index >= 15 is 0 Å². The molecule has 0 bridgehead atoms. The van der Waals surface area contributed by atoms with Crippen LogP contribution >= 0.6 is 33.9 Å². The molecule has 3 aromatic carbocycles. The van der Waals surface area contributed by atoms with Crippen molar-refractivity contribution in [1.82, 2.24) is 4.98 Å². The van der Waals surface area contributed by atoms with Gasteiger partial charge in [0.15, 0.2) is 5.13 Å². The Kier molecular flexibility index (Phi) is 7.16. The second-order valence-corrected chi connectivity index (χ2v) is 10.7. The van der Waals surface area contributed by atoms with Gasteiger partial charge in [0.05, 0.1) is 35.5 Å². The van der Waals surface area contributed by atoms with Crippen molar-refractivity contribution in [2.75, 3.05) is 18.6 Å². The van der Waals surface area contributed by atoms with Gasteiger partial charge in [0.1, 0.15) is 17.3 Å². The highest BCUT2D eigenvalue weighted by atomic mass is 127. The molecule has 9 heteroatoms. The minimum Gasteiger partial charge on any atom is -0.507 e. The van der Waals surface area contributed by atoms with E-state index in [9.17, 15) is 14.7 Å². The first-order chi connectivity index (χ1) is 17.9. The van der Waals surface area contributed by atoms with Crippen LogP contribution in [0.1, 0.15) is 30.5 Å². The summed E-state index contributed by atoms with van der Waals surface area (Å²) in [5.41, 5.74) is 1.79. The molecule has 1 atom stereocenters. The molecule has 1 amide bonds. The Morgan fingerprint density at radius 3 is 2.59 bits per heavy atom. The smallest absolute Gasteiger partial charge is 0.301 e. The van der Waals surface area contributed by atoms with E-state index in [4.69, 9.17) is 9.47 Å². The number of nitrogens with zero attached hydrogens (tertiary/aromatic N) is 2. The monoisotopic (exact) mass is 626 g/mol. The summed E-state index contributed by atoms with van der Waals surface area (Å²) in [6.45, 7) is 2.53. The third-order valence-corrected chi connectivity index (χ3v) is 7.74. The summed E-state index contributed by atoms with van der Waals surface area (Å²) >= 11 is 3.49. The summed E-state index contributed by atoms with van der Waals surface area (Å²) in [7, 11) is 1.58. The molecule has 1 unspecified atom stereocenters. The maximum absolute atomic E-state index is 13.5. The zero-order chi connectivity index (χ0) is 26.1. The van der Waals surface area contributed by atoms with Crippen LogP contribution in [0.2, 0.25) is 0 Å². The van der Waals surface area contributed by atoms with Crippen molar-refractivity contribution in [3.63, 3.8) is 0 Å². The number of ketones is 1. The topological polar surface area (TPSA) is 89.0 Å². The molecule has 1 N–H and O–H groups in total. The number of amides is 1. The Labute approximate surface area is 231 Å². The molecule has 188 valence electrons. The van der Waals surface area contributed by atoms with Crippen molar-refractivity contribution in [2.24, 2.45) is 0 Å². The van der Waals surface area contributed by atoms with Gasteiger partial charge in [0, 0.05) is 9.13 Å². The van der Waals surface area contributed by atoms with Crippen LogP contribution in [-0.2, 0) is 9.59 Å². The number of hydrogen-bond acceptors (Lipinski definition) is 7. The number of benzene rings is 3. The first kappa shape index (κ1) is 25.2. The average molecular weight is 626 g/mol. The molecule has 1 aliphatic heterocycles. The summed E-state index contributed by atoms with van der Waals surface area (Å²) in [4.78, 5) is 32.9. The Hall–Kier alpha value is -3.44. The molecule has 1 saturated heterocycles. The van der Waals surface area contributed by atoms with E-state index in [1.807, 2.05) is 43.3 Å². The fourth-order valence-corrected chi connectivity index (χ4v) is 5.60. The third kappa shape index (κ3) is 4.80. The van der Waals surface area contributed by atoms with Crippen molar-refractivity contribution in [3.05, 3.63) is 87.0 Å². The van der Waals surface area contributed by atoms with E-state index in [0.717, 1.165) is 14.7 Å². The summed E-state index contributed by atoms with van der Waals surface area (Å²) in [6, 6.07) is 19.0. The molecule has 37 heavy (non-hydrogen) atoms. The molecule has 0 spiro atoms. The average Bonchev–Trinajstić information content (AvgIpc) is 3.45. The molecule has 1 aromatic heterocycles. The summed E-state index contributed by atoms with van der Waals surface area (Å²) in [5.74, 6) is -0.517. The number of thiazole rings is 1. The molecule has 7 nitrogen and oxygen atoms in total. The van der Waals surface area contributed by atoms with Gasteiger partial charge in [-0.3, -0.25) is 14.5 Å². The Morgan fingerprint density at radius 2 is 1.86 bits per heavy atom. The minimum atomic E-state index is -0.848. The number of carbonyl (C=O) groups is 2. The Balaban J connectivity index is 1.67. The molecule has 1 fully saturated rings. The van der Waals surface area contributed by atoms with Crippen LogP contribution in [0.5, 0.6) is 11.5 Å². The number of rotatable bonds is 7. The number of halogens is 1. The second kappa shape index (κ2) is 10.5. The highest BCUT2D eigenvalue weighted by molar-refractivity contribution is 14.1. The molecule has 4 aromatic rings. The predicted molar refractivity (Wildman–Crippen MR) is 152 cm³/mol. The lowest BCUT2D eigenvalue weighted by Gasteiger charge is -2.23. The molecule has 5 rings (SSSR count). The van der Waals surface area contributed by atoms with Gasteiger partial charge in [0.2, 0.25) is 0 Å². The van der Waals surface area contributed by atoms with Gasteiger partial charge in [-0.05, 0) is 77.0 Å². The number of aliphatic hydroxyl groups excluding tert-OH is 1. The van der Waals surface area contributed by atoms with Crippen LogP contribution in [0, 0.1) is 3.57 Å². The lowest BCUT2D eigenvalue weighted by Crippen LogP contribution is -2.29. The van der Waals surface area contributed by atoms with Gasteiger partial charge in [-0.25, -0.2) is 4.98 Å². The quantitative estimate of drug-likeness (QED) is 0.112. The minimum absolute atomic E-state index is 0.00989. The Bertz CT molecular complexity index is 1530. The molecule has 0 aliphatic carbocycles. The number of Topliss-reactive ketones (excluding diaryl/α,β-unsaturated/α-hetero) is 1. The van der Waals surface area contributed by atoms with Crippen LogP contribution in [0.25, 0.3) is 16.0 Å². The number of carbonyl (C=O) groups excluding carboxylic acids is 2. The van der Waals surface area contributed by atoms with Gasteiger partial charge >= 0.3 is 5.91 Å². The third-order valence-electron chi connectivity index (χ3n) is 6.00. The van der Waals surface area contributed by atoms with Gasteiger partial charge in [0.25, 0.3) is 5.78 Å². The normalized spacial score (nSPS) is 16.9. The van der Waals surface area contributed by atoms with Gasteiger partial charge in [-0.2, -0.15) is 0 Å². The summed E-state index contributed by atoms with van der Waals surface area (Å²) in [5, 5.41) is 11.8. The number of anilines is 1. The van der Waals surface area contributed by atoms with Crippen molar-refractivity contribution in [1.29, 1.82) is 0 Å². The van der Waals surface area contributed by atoms with Crippen molar-refractivity contribution in [2.45, 2.75) is 19.4 Å². The molecular formula is C28H23IN2O5S. The summed E-state index contributed by atoms with van der Waals surface area (Å²) < 4.78 is 12.9. The van der Waals surface area contributed by atoms with Gasteiger partial charge < -0.3 is 14.6 Å². The van der Waals surface area contributed by atoms with E-state index in [1.54, 1.807) is 37.4 Å². The highest BCUT2D eigenvalue weighted by Crippen LogP contribution is 2.44. The molecule has 2 heterocycles. The zero-order valence-electron chi connectivity index (χ0n) is 20.1. The van der Waals surface area contributed by atoms with Crippen molar-refractivity contribution >= 4 is 66.7 Å². The summed E-state index contributed by atoms with van der Waals surface area (Å²) in [6.07, 6.45) is 0.835. The van der Waals surface area contributed by atoms with Crippen LogP contribution in [-0.4, -0.2) is 35.5 Å². The van der Waals surface area contributed by atoms with E-state index in [2.05, 4.69) is 27.6 Å². The van der Waals surface area contributed by atoms with Crippen molar-refractivity contribution in [3.8, 4) is 11.5 Å². The predicted octanol–water partition coefficient (Wildman–Crippen LogP) is 6.32. The molecular weight excluding hydrogens is 603 g/mol. The number of aliphatic hydroxyl groups is 1. The zero-order valence-corrected chi connectivity index (χ0v) is 23.1.